The zero-order chi connectivity index (χ0) is 10.6. The average Bonchev–Trinajstić information content (AvgIpc) is 2.16. The van der Waals surface area contributed by atoms with E-state index >= 15 is 0 Å². The Morgan fingerprint density at radius 3 is 2.43 bits per heavy atom. The van der Waals surface area contributed by atoms with Crippen molar-refractivity contribution in [1.29, 1.82) is 0 Å². The van der Waals surface area contributed by atoms with Crippen LogP contribution >= 0.6 is 15.9 Å². The minimum atomic E-state index is -0.0730. The molecule has 0 saturated carbocycles. The van der Waals surface area contributed by atoms with Gasteiger partial charge in [-0.3, -0.25) is 4.79 Å². The van der Waals surface area contributed by atoms with Crippen molar-refractivity contribution in [2.45, 2.75) is 19.4 Å². The van der Waals surface area contributed by atoms with E-state index in [1.54, 1.807) is 6.92 Å². The molecule has 0 aromatic heterocycles. The Hall–Kier alpha value is -0.670. The maximum Gasteiger partial charge on any atom is 0.147 e. The number of hydrogen-bond donors (Lipinski definition) is 1. The molecule has 0 unspecified atom stereocenters. The summed E-state index contributed by atoms with van der Waals surface area (Å²) in [6.45, 7) is 1.61. The highest BCUT2D eigenvalue weighted by Crippen LogP contribution is 2.12. The fourth-order valence-electron chi connectivity index (χ4n) is 1.31. The Morgan fingerprint density at radius 1 is 1.43 bits per heavy atom. The van der Waals surface area contributed by atoms with Crippen LogP contribution in [0.3, 0.4) is 0 Å². The number of nitrogens with one attached hydrogen (secondary N) is 1. The Bertz CT molecular complexity index is 308. The molecule has 0 radical (unpaired) electrons. The lowest BCUT2D eigenvalue weighted by Crippen LogP contribution is -2.34. The van der Waals surface area contributed by atoms with E-state index in [1.807, 2.05) is 31.3 Å². The van der Waals surface area contributed by atoms with E-state index in [0.29, 0.717) is 0 Å². The van der Waals surface area contributed by atoms with Crippen molar-refractivity contribution < 1.29 is 4.79 Å². The van der Waals surface area contributed by atoms with Crippen molar-refractivity contribution in [3.8, 4) is 0 Å². The summed E-state index contributed by atoms with van der Waals surface area (Å²) >= 11 is 3.38. The molecule has 0 bridgehead atoms. The molecule has 0 fully saturated rings. The molecule has 2 nitrogen and oxygen atoms in total. The van der Waals surface area contributed by atoms with Crippen molar-refractivity contribution in [3.63, 3.8) is 0 Å². The summed E-state index contributed by atoms with van der Waals surface area (Å²) in [6.07, 6.45) is 0.749. The van der Waals surface area contributed by atoms with Crippen molar-refractivity contribution in [3.05, 3.63) is 34.3 Å². The summed E-state index contributed by atoms with van der Waals surface area (Å²) in [7, 11) is 1.81. The number of carbonyl (C=O) groups is 1. The van der Waals surface area contributed by atoms with Gasteiger partial charge >= 0.3 is 0 Å². The molecule has 1 N–H and O–H groups in total. The first-order valence-corrected chi connectivity index (χ1v) is 5.35. The van der Waals surface area contributed by atoms with E-state index in [0.717, 1.165) is 10.9 Å². The van der Waals surface area contributed by atoms with Gasteiger partial charge in [0.15, 0.2) is 0 Å². The normalized spacial score (nSPS) is 12.5. The minimum Gasteiger partial charge on any atom is -0.310 e. The lowest BCUT2D eigenvalue weighted by atomic mass is 10.0. The Labute approximate surface area is 92.8 Å². The molecule has 1 rings (SSSR count). The van der Waals surface area contributed by atoms with Crippen LogP contribution in [0.15, 0.2) is 28.7 Å². The van der Waals surface area contributed by atoms with Gasteiger partial charge in [0, 0.05) is 4.47 Å². The monoisotopic (exact) mass is 255 g/mol. The quantitative estimate of drug-likeness (QED) is 0.894. The largest absolute Gasteiger partial charge is 0.310 e. The second-order valence-corrected chi connectivity index (χ2v) is 4.20. The maximum absolute atomic E-state index is 11.2. The van der Waals surface area contributed by atoms with Crippen LogP contribution in [-0.4, -0.2) is 18.9 Å². The molecule has 1 aromatic carbocycles. The predicted molar refractivity (Wildman–Crippen MR) is 61.4 cm³/mol. The molecular weight excluding hydrogens is 242 g/mol. The van der Waals surface area contributed by atoms with Crippen LogP contribution in [0.2, 0.25) is 0 Å². The minimum absolute atomic E-state index is 0.0730. The number of carbonyl (C=O) groups excluding carboxylic acids is 1. The molecule has 0 spiro atoms. The van der Waals surface area contributed by atoms with Gasteiger partial charge in [0.05, 0.1) is 6.04 Å². The highest BCUT2D eigenvalue weighted by molar-refractivity contribution is 9.10. The summed E-state index contributed by atoms with van der Waals surface area (Å²) < 4.78 is 1.06. The second kappa shape index (κ2) is 5.27. The second-order valence-electron chi connectivity index (χ2n) is 3.28. The fourth-order valence-corrected chi connectivity index (χ4v) is 1.57. The van der Waals surface area contributed by atoms with Gasteiger partial charge in [-0.15, -0.1) is 0 Å². The van der Waals surface area contributed by atoms with E-state index < -0.39 is 0 Å². The summed E-state index contributed by atoms with van der Waals surface area (Å²) in [6, 6.07) is 7.95. The number of rotatable bonds is 4. The highest BCUT2D eigenvalue weighted by atomic mass is 79.9. The third kappa shape index (κ3) is 3.24. The van der Waals surface area contributed by atoms with Gasteiger partial charge < -0.3 is 5.32 Å². The lowest BCUT2D eigenvalue weighted by Gasteiger charge is -2.12. The maximum atomic E-state index is 11.2. The van der Waals surface area contributed by atoms with Crippen LogP contribution in [0.5, 0.6) is 0 Å². The molecule has 0 saturated heterocycles. The number of Topliss-reactive ketones (excluding diaryl/α,β-unsaturated/α-hetero) is 1. The van der Waals surface area contributed by atoms with Gasteiger partial charge in [0.2, 0.25) is 0 Å². The predicted octanol–water partition coefficient (Wildman–Crippen LogP) is 2.17. The zero-order valence-electron chi connectivity index (χ0n) is 8.38. The average molecular weight is 256 g/mol. The van der Waals surface area contributed by atoms with Gasteiger partial charge in [0.1, 0.15) is 5.78 Å². The van der Waals surface area contributed by atoms with Gasteiger partial charge in [-0.05, 0) is 38.1 Å². The van der Waals surface area contributed by atoms with Crippen LogP contribution in [0.1, 0.15) is 12.5 Å². The Morgan fingerprint density at radius 2 is 2.00 bits per heavy atom. The van der Waals surface area contributed by atoms with Gasteiger partial charge in [-0.1, -0.05) is 28.1 Å². The van der Waals surface area contributed by atoms with Gasteiger partial charge in [-0.25, -0.2) is 0 Å². The summed E-state index contributed by atoms with van der Waals surface area (Å²) in [4.78, 5) is 11.2. The molecule has 1 atom stereocenters. The Kier molecular flexibility index (Phi) is 4.29. The van der Waals surface area contributed by atoms with Crippen molar-refractivity contribution >= 4 is 21.7 Å². The SMILES string of the molecule is CN[C@H](Cc1ccc(Br)cc1)C(C)=O. The molecule has 1 aromatic rings. The lowest BCUT2D eigenvalue weighted by molar-refractivity contribution is -0.118. The molecule has 0 aliphatic heterocycles. The first-order valence-electron chi connectivity index (χ1n) is 4.55. The van der Waals surface area contributed by atoms with Crippen molar-refractivity contribution in [1.82, 2.24) is 5.32 Å². The van der Waals surface area contributed by atoms with Crippen LogP contribution in [0.25, 0.3) is 0 Å². The third-order valence-corrected chi connectivity index (χ3v) is 2.72. The van der Waals surface area contributed by atoms with Crippen molar-refractivity contribution in [2.75, 3.05) is 7.05 Å². The van der Waals surface area contributed by atoms with E-state index in [2.05, 4.69) is 21.2 Å². The summed E-state index contributed by atoms with van der Waals surface area (Å²) in [5.41, 5.74) is 1.17. The molecule has 0 aliphatic carbocycles. The number of ketones is 1. The van der Waals surface area contributed by atoms with E-state index in [4.69, 9.17) is 0 Å². The van der Waals surface area contributed by atoms with Gasteiger partial charge in [-0.2, -0.15) is 0 Å². The zero-order valence-corrected chi connectivity index (χ0v) is 9.97. The van der Waals surface area contributed by atoms with Crippen molar-refractivity contribution in [2.24, 2.45) is 0 Å². The molecule has 14 heavy (non-hydrogen) atoms. The van der Waals surface area contributed by atoms with E-state index in [-0.39, 0.29) is 11.8 Å². The third-order valence-electron chi connectivity index (χ3n) is 2.19. The molecular formula is C11H14BrNO. The highest BCUT2D eigenvalue weighted by Gasteiger charge is 2.11. The smallest absolute Gasteiger partial charge is 0.147 e. The first kappa shape index (κ1) is 11.4. The molecule has 3 heteroatoms. The fraction of sp³-hybridized carbons (Fsp3) is 0.364. The Balaban J connectivity index is 2.67. The first-order chi connectivity index (χ1) is 6.63. The van der Waals surface area contributed by atoms with Crippen LogP contribution in [0.4, 0.5) is 0 Å². The van der Waals surface area contributed by atoms with Crippen LogP contribution < -0.4 is 5.32 Å². The van der Waals surface area contributed by atoms with E-state index in [1.165, 1.54) is 5.56 Å². The number of benzene rings is 1. The molecule has 0 aliphatic rings. The van der Waals surface area contributed by atoms with Gasteiger partial charge in [0.25, 0.3) is 0 Å². The summed E-state index contributed by atoms with van der Waals surface area (Å²) in [5, 5.41) is 3.00. The standard InChI is InChI=1S/C11H14BrNO/c1-8(14)11(13-2)7-9-3-5-10(12)6-4-9/h3-6,11,13H,7H2,1-2H3/t11-/m1/s1. The summed E-state index contributed by atoms with van der Waals surface area (Å²) in [5.74, 6) is 0.176. The number of likely N-dealkylation sites (N-methyl/N-ethyl adjacent to an activating group) is 1. The van der Waals surface area contributed by atoms with Crippen LogP contribution in [-0.2, 0) is 11.2 Å². The topological polar surface area (TPSA) is 29.1 Å². The number of halogens is 1. The van der Waals surface area contributed by atoms with Crippen LogP contribution in [0, 0.1) is 0 Å². The van der Waals surface area contributed by atoms with E-state index in [9.17, 15) is 4.79 Å². The number of hydrogen-bond acceptors (Lipinski definition) is 2. The molecule has 0 amide bonds. The molecule has 76 valence electrons. The molecule has 0 heterocycles.